The summed E-state index contributed by atoms with van der Waals surface area (Å²) in [5.41, 5.74) is 1.26. The summed E-state index contributed by atoms with van der Waals surface area (Å²) >= 11 is 0. The number of ether oxygens (including phenoxy) is 1. The van der Waals surface area contributed by atoms with E-state index in [0.717, 1.165) is 11.1 Å². The van der Waals surface area contributed by atoms with E-state index in [1.54, 1.807) is 0 Å². The van der Waals surface area contributed by atoms with Gasteiger partial charge in [-0.1, -0.05) is 60.7 Å². The third-order valence-corrected chi connectivity index (χ3v) is 7.70. The maximum atomic E-state index is 11.6. The summed E-state index contributed by atoms with van der Waals surface area (Å²) < 4.78 is 6.31. The third-order valence-electron chi connectivity index (χ3n) is 7.70. The summed E-state index contributed by atoms with van der Waals surface area (Å²) in [6.07, 6.45) is -1.10. The molecule has 0 bridgehead atoms. The Balaban J connectivity index is 1.22. The monoisotopic (exact) mass is 438 g/mol. The molecule has 3 saturated heterocycles. The second-order valence-electron chi connectivity index (χ2n) is 9.57. The molecule has 3 heterocycles. The van der Waals surface area contributed by atoms with Crippen molar-refractivity contribution >= 4 is 0 Å². The molecule has 1 saturated carbocycles. The van der Waals surface area contributed by atoms with Crippen molar-refractivity contribution < 1.29 is 24.6 Å². The lowest BCUT2D eigenvalue weighted by Gasteiger charge is -2.48. The molecule has 0 aromatic heterocycles. The maximum Gasteiger partial charge on any atom is 0.123 e. The van der Waals surface area contributed by atoms with Crippen LogP contribution in [0.5, 0.6) is 0 Å². The van der Waals surface area contributed by atoms with E-state index in [4.69, 9.17) is 14.4 Å². The van der Waals surface area contributed by atoms with Crippen LogP contribution in [0, 0.1) is 11.8 Å². The number of hydroxylamine groups is 4. The summed E-state index contributed by atoms with van der Waals surface area (Å²) in [7, 11) is 0. The first-order valence-corrected chi connectivity index (χ1v) is 11.5. The van der Waals surface area contributed by atoms with Crippen LogP contribution in [0.1, 0.15) is 17.5 Å². The zero-order valence-corrected chi connectivity index (χ0v) is 18.0. The summed E-state index contributed by atoms with van der Waals surface area (Å²) in [5, 5.41) is 26.9. The minimum atomic E-state index is -1.00. The topological polar surface area (TPSA) is 74.6 Å². The third kappa shape index (κ3) is 3.31. The largest absolute Gasteiger partial charge is 0.388 e. The first-order chi connectivity index (χ1) is 15.7. The predicted molar refractivity (Wildman–Crippen MR) is 116 cm³/mol. The fourth-order valence-electron chi connectivity index (χ4n) is 6.10. The highest BCUT2D eigenvalue weighted by Crippen LogP contribution is 2.51. The molecule has 7 heteroatoms. The van der Waals surface area contributed by atoms with Gasteiger partial charge in [-0.05, 0) is 17.5 Å². The number of fused-ring (bicyclic) bond motifs is 2. The lowest BCUT2D eigenvalue weighted by atomic mass is 9.79. The second kappa shape index (κ2) is 8.18. The fourth-order valence-corrected chi connectivity index (χ4v) is 6.10. The summed E-state index contributed by atoms with van der Waals surface area (Å²) in [5.74, 6) is 0.202. The van der Waals surface area contributed by atoms with E-state index in [0.29, 0.717) is 39.3 Å². The van der Waals surface area contributed by atoms with Gasteiger partial charge in [0, 0.05) is 24.9 Å². The lowest BCUT2D eigenvalue weighted by Crippen LogP contribution is -2.66. The Hall–Kier alpha value is -1.84. The molecule has 0 amide bonds. The highest BCUT2D eigenvalue weighted by atomic mass is 16.7. The first kappa shape index (κ1) is 20.7. The number of aliphatic hydroxyl groups excluding tert-OH is 2. The summed E-state index contributed by atoms with van der Waals surface area (Å²) in [6, 6.07) is 19.8. The molecular weight excluding hydrogens is 408 g/mol. The molecule has 0 radical (unpaired) electrons. The van der Waals surface area contributed by atoms with Crippen LogP contribution < -0.4 is 0 Å². The molecule has 6 rings (SSSR count). The SMILES string of the molecule is O[C@@H]1[C@@H]2[C@@H](CON2Cc2ccccc2)C[C@@]12OC[C@@H]1CON(Cc3ccccc3)[C@@H]1[C@@H]2O. The van der Waals surface area contributed by atoms with Crippen molar-refractivity contribution in [1.29, 1.82) is 0 Å². The maximum absolute atomic E-state index is 11.6. The van der Waals surface area contributed by atoms with E-state index >= 15 is 0 Å². The quantitative estimate of drug-likeness (QED) is 0.753. The van der Waals surface area contributed by atoms with Crippen molar-refractivity contribution in [3.8, 4) is 0 Å². The van der Waals surface area contributed by atoms with Crippen molar-refractivity contribution in [3.63, 3.8) is 0 Å². The van der Waals surface area contributed by atoms with Gasteiger partial charge >= 0.3 is 0 Å². The van der Waals surface area contributed by atoms with Crippen molar-refractivity contribution in [2.75, 3.05) is 19.8 Å². The van der Waals surface area contributed by atoms with Crippen molar-refractivity contribution in [1.82, 2.24) is 10.1 Å². The number of nitrogens with zero attached hydrogens (tertiary/aromatic N) is 2. The molecule has 4 fully saturated rings. The van der Waals surface area contributed by atoms with E-state index in [1.165, 1.54) is 0 Å². The number of hydrogen-bond donors (Lipinski definition) is 2. The zero-order chi connectivity index (χ0) is 21.7. The van der Waals surface area contributed by atoms with Gasteiger partial charge in [-0.2, -0.15) is 10.1 Å². The summed E-state index contributed by atoms with van der Waals surface area (Å²) in [4.78, 5) is 11.9. The van der Waals surface area contributed by atoms with Crippen LogP contribution in [-0.4, -0.2) is 70.1 Å². The van der Waals surface area contributed by atoms with Gasteiger partial charge in [-0.25, -0.2) is 0 Å². The van der Waals surface area contributed by atoms with Gasteiger partial charge in [-0.15, -0.1) is 0 Å². The molecule has 7 nitrogen and oxygen atoms in total. The van der Waals surface area contributed by atoms with E-state index < -0.39 is 17.8 Å². The molecule has 2 aromatic rings. The number of benzene rings is 2. The van der Waals surface area contributed by atoms with E-state index in [-0.39, 0.29) is 23.9 Å². The molecule has 0 unspecified atom stereocenters. The molecule has 32 heavy (non-hydrogen) atoms. The molecule has 1 aliphatic carbocycles. The molecule has 1 spiro atoms. The van der Waals surface area contributed by atoms with Crippen LogP contribution in [0.4, 0.5) is 0 Å². The number of aliphatic hydroxyl groups is 2. The van der Waals surface area contributed by atoms with Crippen LogP contribution in [0.2, 0.25) is 0 Å². The summed E-state index contributed by atoms with van der Waals surface area (Å²) in [6.45, 7) is 2.73. The predicted octanol–water partition coefficient (Wildman–Crippen LogP) is 1.75. The number of hydrogen-bond acceptors (Lipinski definition) is 7. The number of rotatable bonds is 4. The molecule has 2 N–H and O–H groups in total. The lowest BCUT2D eigenvalue weighted by molar-refractivity contribution is -0.258. The minimum absolute atomic E-state index is 0.0867. The first-order valence-electron chi connectivity index (χ1n) is 11.5. The van der Waals surface area contributed by atoms with Gasteiger partial charge < -0.3 is 14.9 Å². The molecule has 7 atom stereocenters. The molecule has 3 aliphatic heterocycles. The van der Waals surface area contributed by atoms with Crippen LogP contribution in [-0.2, 0) is 27.5 Å². The Kier molecular flexibility index (Phi) is 5.30. The van der Waals surface area contributed by atoms with Crippen molar-refractivity contribution in [2.45, 2.75) is 49.4 Å². The van der Waals surface area contributed by atoms with Crippen molar-refractivity contribution in [3.05, 3.63) is 71.8 Å². The Labute approximate surface area is 188 Å². The van der Waals surface area contributed by atoms with Crippen LogP contribution >= 0.6 is 0 Å². The normalized spacial score (nSPS) is 39.4. The van der Waals surface area contributed by atoms with E-state index in [1.807, 2.05) is 46.5 Å². The molecule has 4 aliphatic rings. The second-order valence-corrected chi connectivity index (χ2v) is 9.57. The van der Waals surface area contributed by atoms with E-state index in [2.05, 4.69) is 24.3 Å². The average Bonchev–Trinajstić information content (AvgIpc) is 3.48. The highest BCUT2D eigenvalue weighted by molar-refractivity contribution is 5.19. The van der Waals surface area contributed by atoms with Gasteiger partial charge in [0.1, 0.15) is 17.8 Å². The molecule has 170 valence electrons. The Bertz CT molecular complexity index is 930. The standard InChI is InChI=1S/C25H30N2O5/c28-23-21-19(15-31-26(21)12-17-7-3-1-4-8-17)11-25(23)24(29)22-20(14-30-25)16-32-27(22)13-18-9-5-2-6-10-18/h1-10,19-24,28-29H,11-16H2/t19-,20-,21+,22+,23-,24+,25-/m1/s1. The zero-order valence-electron chi connectivity index (χ0n) is 18.0. The minimum Gasteiger partial charge on any atom is -0.388 e. The van der Waals surface area contributed by atoms with Crippen LogP contribution in [0.3, 0.4) is 0 Å². The fraction of sp³-hybridized carbons (Fsp3) is 0.520. The van der Waals surface area contributed by atoms with Gasteiger partial charge in [0.15, 0.2) is 0 Å². The van der Waals surface area contributed by atoms with Crippen molar-refractivity contribution in [2.24, 2.45) is 11.8 Å². The highest BCUT2D eigenvalue weighted by Gasteiger charge is 2.66. The van der Waals surface area contributed by atoms with Gasteiger partial charge in [0.2, 0.25) is 0 Å². The van der Waals surface area contributed by atoms with Gasteiger partial charge in [0.05, 0.1) is 31.9 Å². The molecular formula is C25H30N2O5. The smallest absolute Gasteiger partial charge is 0.123 e. The Morgan fingerprint density at radius 1 is 0.719 bits per heavy atom. The van der Waals surface area contributed by atoms with E-state index in [9.17, 15) is 10.2 Å². The average molecular weight is 439 g/mol. The van der Waals surface area contributed by atoms with Crippen LogP contribution in [0.25, 0.3) is 0 Å². The van der Waals surface area contributed by atoms with Gasteiger partial charge in [0.25, 0.3) is 0 Å². The van der Waals surface area contributed by atoms with Crippen LogP contribution in [0.15, 0.2) is 60.7 Å². The van der Waals surface area contributed by atoms with Gasteiger partial charge in [-0.3, -0.25) is 9.68 Å². The molecule has 2 aromatic carbocycles. The Morgan fingerprint density at radius 2 is 1.22 bits per heavy atom. The Morgan fingerprint density at radius 3 is 1.78 bits per heavy atom.